The molecule has 0 radical (unpaired) electrons. The molecule has 0 unspecified atom stereocenters. The van der Waals surface area contributed by atoms with Gasteiger partial charge in [-0.2, -0.15) is 0 Å². The van der Waals surface area contributed by atoms with E-state index in [1.807, 2.05) is 32.2 Å². The molecule has 0 saturated carbocycles. The summed E-state index contributed by atoms with van der Waals surface area (Å²) in [7, 11) is 3.52. The van der Waals surface area contributed by atoms with Gasteiger partial charge in [0.25, 0.3) is 0 Å². The quantitative estimate of drug-likeness (QED) is 0.875. The Kier molecular flexibility index (Phi) is 4.40. The molecule has 0 atom stereocenters. The molecule has 0 amide bonds. The number of hydrogen-bond acceptors (Lipinski definition) is 5. The van der Waals surface area contributed by atoms with Crippen LogP contribution >= 0.6 is 0 Å². The van der Waals surface area contributed by atoms with Crippen molar-refractivity contribution in [3.63, 3.8) is 0 Å². The smallest absolute Gasteiger partial charge is 0.142 e. The Hall–Kier alpha value is -2.30. The van der Waals surface area contributed by atoms with Crippen LogP contribution < -0.4 is 15.4 Å². The summed E-state index contributed by atoms with van der Waals surface area (Å²) in [5.41, 5.74) is 3.12. The second-order valence-corrected chi connectivity index (χ2v) is 4.48. The van der Waals surface area contributed by atoms with Crippen LogP contribution in [0.5, 0.6) is 5.75 Å². The number of hydrogen-bond donors (Lipinski definition) is 2. The second-order valence-electron chi connectivity index (χ2n) is 4.48. The molecule has 106 valence electrons. The Bertz CT molecular complexity index is 598. The van der Waals surface area contributed by atoms with Gasteiger partial charge in [-0.25, -0.2) is 9.97 Å². The fourth-order valence-electron chi connectivity index (χ4n) is 2.12. The van der Waals surface area contributed by atoms with Gasteiger partial charge in [0.05, 0.1) is 12.8 Å². The molecule has 0 aliphatic carbocycles. The van der Waals surface area contributed by atoms with Gasteiger partial charge in [-0.3, -0.25) is 0 Å². The Morgan fingerprint density at radius 2 is 1.95 bits per heavy atom. The number of aromatic nitrogens is 2. The zero-order chi connectivity index (χ0) is 14.5. The largest absolute Gasteiger partial charge is 0.495 e. The molecule has 5 nitrogen and oxygen atoms in total. The average molecular weight is 272 g/mol. The van der Waals surface area contributed by atoms with Crippen molar-refractivity contribution in [3.8, 4) is 5.75 Å². The number of benzene rings is 1. The van der Waals surface area contributed by atoms with Crippen LogP contribution in [-0.2, 0) is 6.42 Å². The molecule has 1 heterocycles. The Balaban J connectivity index is 2.42. The number of anilines is 3. The van der Waals surface area contributed by atoms with Gasteiger partial charge < -0.3 is 15.4 Å². The Morgan fingerprint density at radius 3 is 2.60 bits per heavy atom. The lowest BCUT2D eigenvalue weighted by molar-refractivity contribution is 0.416. The van der Waals surface area contributed by atoms with Crippen molar-refractivity contribution in [2.45, 2.75) is 20.3 Å². The van der Waals surface area contributed by atoms with E-state index in [0.29, 0.717) is 0 Å². The summed E-state index contributed by atoms with van der Waals surface area (Å²) in [5.74, 6) is 2.44. The molecule has 0 bridgehead atoms. The number of rotatable bonds is 5. The van der Waals surface area contributed by atoms with Crippen molar-refractivity contribution in [1.82, 2.24) is 9.97 Å². The van der Waals surface area contributed by atoms with Gasteiger partial charge in [-0.15, -0.1) is 0 Å². The van der Waals surface area contributed by atoms with E-state index in [1.54, 1.807) is 13.4 Å². The van der Waals surface area contributed by atoms with Crippen LogP contribution in [0.2, 0.25) is 0 Å². The minimum atomic E-state index is 0.794. The molecular formula is C15H20N4O. The summed E-state index contributed by atoms with van der Waals surface area (Å²) in [4.78, 5) is 8.58. The van der Waals surface area contributed by atoms with E-state index in [4.69, 9.17) is 4.74 Å². The van der Waals surface area contributed by atoms with Gasteiger partial charge in [0.15, 0.2) is 0 Å². The van der Waals surface area contributed by atoms with Crippen molar-refractivity contribution >= 4 is 17.3 Å². The van der Waals surface area contributed by atoms with Crippen molar-refractivity contribution < 1.29 is 4.74 Å². The third-order valence-electron chi connectivity index (χ3n) is 3.14. The molecule has 0 aliphatic heterocycles. The summed E-state index contributed by atoms with van der Waals surface area (Å²) in [6, 6.07) is 6.01. The third kappa shape index (κ3) is 2.82. The molecule has 1 aromatic carbocycles. The molecule has 0 aliphatic rings. The lowest BCUT2D eigenvalue weighted by Crippen LogP contribution is -2.05. The normalized spacial score (nSPS) is 10.2. The SMILES string of the molecule is CCc1c(NC)ncnc1Nc1cc(C)ccc1OC. The lowest BCUT2D eigenvalue weighted by atomic mass is 10.2. The zero-order valence-electron chi connectivity index (χ0n) is 12.3. The van der Waals surface area contributed by atoms with Crippen LogP contribution in [-0.4, -0.2) is 24.1 Å². The van der Waals surface area contributed by atoms with Gasteiger partial charge >= 0.3 is 0 Å². The number of nitrogens with zero attached hydrogens (tertiary/aromatic N) is 2. The van der Waals surface area contributed by atoms with E-state index in [9.17, 15) is 0 Å². The van der Waals surface area contributed by atoms with Crippen molar-refractivity contribution in [3.05, 3.63) is 35.7 Å². The third-order valence-corrected chi connectivity index (χ3v) is 3.14. The minimum Gasteiger partial charge on any atom is -0.495 e. The van der Waals surface area contributed by atoms with Gasteiger partial charge in [0.1, 0.15) is 23.7 Å². The van der Waals surface area contributed by atoms with E-state index >= 15 is 0 Å². The van der Waals surface area contributed by atoms with E-state index < -0.39 is 0 Å². The van der Waals surface area contributed by atoms with E-state index in [2.05, 4.69) is 27.5 Å². The van der Waals surface area contributed by atoms with Crippen LogP contribution in [0, 0.1) is 6.92 Å². The topological polar surface area (TPSA) is 59.1 Å². The molecule has 1 aromatic heterocycles. The molecule has 2 rings (SSSR count). The first-order valence-electron chi connectivity index (χ1n) is 6.62. The zero-order valence-corrected chi connectivity index (χ0v) is 12.3. The van der Waals surface area contributed by atoms with Gasteiger partial charge in [-0.05, 0) is 31.0 Å². The van der Waals surface area contributed by atoms with Crippen LogP contribution in [0.25, 0.3) is 0 Å². The number of ether oxygens (including phenoxy) is 1. The number of methoxy groups -OCH3 is 1. The summed E-state index contributed by atoms with van der Waals surface area (Å²) in [6.45, 7) is 4.13. The second kappa shape index (κ2) is 6.23. The molecule has 2 aromatic rings. The van der Waals surface area contributed by atoms with Gasteiger partial charge in [-0.1, -0.05) is 13.0 Å². The summed E-state index contributed by atoms with van der Waals surface area (Å²) in [6.07, 6.45) is 2.39. The van der Waals surface area contributed by atoms with Crippen LogP contribution in [0.15, 0.2) is 24.5 Å². The van der Waals surface area contributed by atoms with Crippen LogP contribution in [0.3, 0.4) is 0 Å². The number of aryl methyl sites for hydroxylation is 1. The predicted molar refractivity (Wildman–Crippen MR) is 82.0 cm³/mol. The monoisotopic (exact) mass is 272 g/mol. The molecule has 5 heteroatoms. The van der Waals surface area contributed by atoms with Gasteiger partial charge in [0, 0.05) is 12.6 Å². The fraction of sp³-hybridized carbons (Fsp3) is 0.333. The summed E-state index contributed by atoms with van der Waals surface area (Å²) < 4.78 is 5.38. The van der Waals surface area contributed by atoms with Crippen molar-refractivity contribution in [2.24, 2.45) is 0 Å². The Labute approximate surface area is 119 Å². The molecule has 0 spiro atoms. The first-order chi connectivity index (χ1) is 9.69. The highest BCUT2D eigenvalue weighted by Gasteiger charge is 2.11. The molecule has 2 N–H and O–H groups in total. The first kappa shape index (κ1) is 14.1. The maximum Gasteiger partial charge on any atom is 0.142 e. The first-order valence-corrected chi connectivity index (χ1v) is 6.62. The van der Waals surface area contributed by atoms with Crippen LogP contribution in [0.1, 0.15) is 18.1 Å². The minimum absolute atomic E-state index is 0.794. The maximum atomic E-state index is 5.38. The Morgan fingerprint density at radius 1 is 1.20 bits per heavy atom. The highest BCUT2D eigenvalue weighted by atomic mass is 16.5. The van der Waals surface area contributed by atoms with Crippen molar-refractivity contribution in [2.75, 3.05) is 24.8 Å². The average Bonchev–Trinajstić information content (AvgIpc) is 2.47. The van der Waals surface area contributed by atoms with Gasteiger partial charge in [0.2, 0.25) is 0 Å². The maximum absolute atomic E-state index is 5.38. The predicted octanol–water partition coefficient (Wildman–Crippen LogP) is 3.14. The molecule has 0 fully saturated rings. The van der Waals surface area contributed by atoms with Crippen LogP contribution in [0.4, 0.5) is 17.3 Å². The summed E-state index contributed by atoms with van der Waals surface area (Å²) >= 11 is 0. The van der Waals surface area contributed by atoms with E-state index in [1.165, 1.54) is 0 Å². The highest BCUT2D eigenvalue weighted by Crippen LogP contribution is 2.30. The van der Waals surface area contributed by atoms with E-state index in [0.717, 1.165) is 40.6 Å². The summed E-state index contributed by atoms with van der Waals surface area (Å²) in [5, 5.41) is 6.43. The highest BCUT2D eigenvalue weighted by molar-refractivity contribution is 5.69. The number of nitrogens with one attached hydrogen (secondary N) is 2. The molecule has 0 saturated heterocycles. The molecular weight excluding hydrogens is 252 g/mol. The molecule has 20 heavy (non-hydrogen) atoms. The standard InChI is InChI=1S/C15H20N4O/c1-5-11-14(16-3)17-9-18-15(11)19-12-8-10(2)6-7-13(12)20-4/h6-9H,5H2,1-4H3,(H2,16,17,18,19). The van der Waals surface area contributed by atoms with E-state index in [-0.39, 0.29) is 0 Å². The van der Waals surface area contributed by atoms with Crippen molar-refractivity contribution in [1.29, 1.82) is 0 Å². The lowest BCUT2D eigenvalue weighted by Gasteiger charge is -2.15. The fourth-order valence-corrected chi connectivity index (χ4v) is 2.12.